The summed E-state index contributed by atoms with van der Waals surface area (Å²) in [4.78, 5) is 4.53. The van der Waals surface area contributed by atoms with E-state index in [9.17, 15) is 0 Å². The molecule has 0 aliphatic heterocycles. The van der Waals surface area contributed by atoms with Gasteiger partial charge in [0.05, 0.1) is 5.69 Å². The lowest BCUT2D eigenvalue weighted by molar-refractivity contribution is 0.393. The minimum absolute atomic E-state index is 0.465. The van der Waals surface area contributed by atoms with Gasteiger partial charge in [0.15, 0.2) is 5.65 Å². The lowest BCUT2D eigenvalue weighted by Gasteiger charge is -2.16. The average Bonchev–Trinajstić information content (AvgIpc) is 2.96. The van der Waals surface area contributed by atoms with Gasteiger partial charge in [0, 0.05) is 13.6 Å². The third-order valence-corrected chi connectivity index (χ3v) is 4.39. The minimum atomic E-state index is 0.465. The Bertz CT molecular complexity index is 603. The van der Waals surface area contributed by atoms with Crippen LogP contribution in [0.2, 0.25) is 0 Å². The van der Waals surface area contributed by atoms with Crippen molar-refractivity contribution in [1.29, 1.82) is 0 Å². The molecule has 0 amide bonds. The van der Waals surface area contributed by atoms with Gasteiger partial charge in [0.25, 0.3) is 0 Å². The van der Waals surface area contributed by atoms with Crippen LogP contribution in [0.15, 0.2) is 0 Å². The monoisotopic (exact) mass is 261 g/mol. The van der Waals surface area contributed by atoms with Gasteiger partial charge in [-0.2, -0.15) is 5.10 Å². The molecule has 2 N–H and O–H groups in total. The Morgan fingerprint density at radius 1 is 1.32 bits per heavy atom. The van der Waals surface area contributed by atoms with Crippen molar-refractivity contribution >= 4 is 17.1 Å². The number of nitrogens with zero attached hydrogens (tertiary/aromatic N) is 4. The summed E-state index contributed by atoms with van der Waals surface area (Å²) in [6, 6.07) is 0. The summed E-state index contributed by atoms with van der Waals surface area (Å²) in [5.41, 5.74) is 9.70. The van der Waals surface area contributed by atoms with Crippen molar-refractivity contribution in [3.8, 4) is 0 Å². The molecule has 0 aromatic carbocycles. The van der Waals surface area contributed by atoms with Gasteiger partial charge in [-0.15, -0.1) is 0 Å². The summed E-state index contributed by atoms with van der Waals surface area (Å²) in [5.74, 6) is 0.639. The van der Waals surface area contributed by atoms with Crippen molar-refractivity contribution < 1.29 is 0 Å². The molecule has 1 fully saturated rings. The van der Waals surface area contributed by atoms with E-state index in [-0.39, 0.29) is 0 Å². The number of hydrogen-bond donors (Lipinski definition) is 1. The highest BCUT2D eigenvalue weighted by atomic mass is 15.3. The van der Waals surface area contributed by atoms with Crippen LogP contribution in [0.4, 0.5) is 5.95 Å². The second-order valence-electron chi connectivity index (χ2n) is 5.90. The molecule has 0 spiro atoms. The summed E-state index contributed by atoms with van der Waals surface area (Å²) < 4.78 is 4.10. The van der Waals surface area contributed by atoms with E-state index in [2.05, 4.69) is 28.5 Å². The molecular weight excluding hydrogens is 238 g/mol. The standard InChI is InChI=1S/C14H23N5/c1-4-6-14(7-8-14)9-19-12-11(16-13(19)15)10(5-2)17-18(12)3/h4-9H2,1-3H3,(H2,15,16). The molecule has 2 aromatic rings. The van der Waals surface area contributed by atoms with Gasteiger partial charge in [0.2, 0.25) is 5.95 Å². The van der Waals surface area contributed by atoms with Crippen LogP contribution in [0.1, 0.15) is 45.2 Å². The molecule has 104 valence electrons. The summed E-state index contributed by atoms with van der Waals surface area (Å²) >= 11 is 0. The van der Waals surface area contributed by atoms with E-state index in [0.29, 0.717) is 11.4 Å². The van der Waals surface area contributed by atoms with Crippen molar-refractivity contribution in [2.24, 2.45) is 12.5 Å². The molecule has 0 radical (unpaired) electrons. The van der Waals surface area contributed by atoms with Crippen molar-refractivity contribution in [1.82, 2.24) is 19.3 Å². The molecule has 5 nitrogen and oxygen atoms in total. The highest BCUT2D eigenvalue weighted by molar-refractivity contribution is 5.77. The Morgan fingerprint density at radius 2 is 2.05 bits per heavy atom. The summed E-state index contributed by atoms with van der Waals surface area (Å²) in [6.07, 6.45) is 6.05. The van der Waals surface area contributed by atoms with Gasteiger partial charge in [0.1, 0.15) is 5.52 Å². The van der Waals surface area contributed by atoms with Gasteiger partial charge < -0.3 is 5.73 Å². The molecule has 0 atom stereocenters. The van der Waals surface area contributed by atoms with E-state index >= 15 is 0 Å². The maximum Gasteiger partial charge on any atom is 0.202 e. The van der Waals surface area contributed by atoms with E-state index in [0.717, 1.165) is 29.8 Å². The number of nitrogen functional groups attached to an aromatic ring is 1. The van der Waals surface area contributed by atoms with Crippen LogP contribution in [-0.2, 0) is 20.0 Å². The van der Waals surface area contributed by atoms with Crippen LogP contribution in [-0.4, -0.2) is 19.3 Å². The maximum atomic E-state index is 6.13. The molecule has 3 rings (SSSR count). The van der Waals surface area contributed by atoms with E-state index in [1.165, 1.54) is 25.7 Å². The molecule has 0 saturated heterocycles. The normalized spacial score (nSPS) is 17.2. The van der Waals surface area contributed by atoms with Crippen LogP contribution in [0.3, 0.4) is 0 Å². The number of aromatic nitrogens is 4. The lowest BCUT2D eigenvalue weighted by Crippen LogP contribution is -2.15. The Morgan fingerprint density at radius 3 is 2.63 bits per heavy atom. The van der Waals surface area contributed by atoms with E-state index in [1.54, 1.807) is 0 Å². The lowest BCUT2D eigenvalue weighted by atomic mass is 10.0. The summed E-state index contributed by atoms with van der Waals surface area (Å²) in [7, 11) is 1.98. The first kappa shape index (κ1) is 12.5. The van der Waals surface area contributed by atoms with Gasteiger partial charge in [-0.1, -0.05) is 20.3 Å². The minimum Gasteiger partial charge on any atom is -0.369 e. The molecule has 0 bridgehead atoms. The summed E-state index contributed by atoms with van der Waals surface area (Å²) in [6.45, 7) is 5.36. The van der Waals surface area contributed by atoms with E-state index in [1.807, 2.05) is 11.7 Å². The van der Waals surface area contributed by atoms with E-state index < -0.39 is 0 Å². The smallest absolute Gasteiger partial charge is 0.202 e. The molecule has 2 heterocycles. The number of nitrogens with two attached hydrogens (primary N) is 1. The fourth-order valence-corrected chi connectivity index (χ4v) is 3.18. The Kier molecular flexibility index (Phi) is 2.80. The second-order valence-corrected chi connectivity index (χ2v) is 5.90. The Balaban J connectivity index is 2.03. The second kappa shape index (κ2) is 4.25. The predicted octanol–water partition coefficient (Wildman–Crippen LogP) is 2.49. The first-order valence-electron chi connectivity index (χ1n) is 7.28. The topological polar surface area (TPSA) is 61.7 Å². The molecule has 0 unspecified atom stereocenters. The Labute approximate surface area is 113 Å². The third-order valence-electron chi connectivity index (χ3n) is 4.39. The summed E-state index contributed by atoms with van der Waals surface area (Å²) in [5, 5.41) is 4.54. The van der Waals surface area contributed by atoms with Gasteiger partial charge in [-0.05, 0) is 31.1 Å². The zero-order chi connectivity index (χ0) is 13.6. The number of aryl methyl sites for hydroxylation is 2. The first-order chi connectivity index (χ1) is 9.10. The fourth-order valence-electron chi connectivity index (χ4n) is 3.18. The van der Waals surface area contributed by atoms with Crippen LogP contribution in [0.25, 0.3) is 11.2 Å². The zero-order valence-electron chi connectivity index (χ0n) is 12.1. The molecule has 1 aliphatic carbocycles. The maximum absolute atomic E-state index is 6.13. The average molecular weight is 261 g/mol. The molecule has 1 saturated carbocycles. The number of rotatable bonds is 5. The van der Waals surface area contributed by atoms with Crippen LogP contribution < -0.4 is 5.73 Å². The highest BCUT2D eigenvalue weighted by Gasteiger charge is 2.42. The number of fused-ring (bicyclic) bond motifs is 1. The SMILES string of the molecule is CCCC1(Cn2c(N)nc3c(CC)nn(C)c32)CC1. The van der Waals surface area contributed by atoms with E-state index in [4.69, 9.17) is 5.73 Å². The first-order valence-corrected chi connectivity index (χ1v) is 7.28. The van der Waals surface area contributed by atoms with Crippen LogP contribution in [0, 0.1) is 5.41 Å². The third kappa shape index (κ3) is 1.91. The quantitative estimate of drug-likeness (QED) is 0.899. The van der Waals surface area contributed by atoms with Crippen molar-refractivity contribution in [2.75, 3.05) is 5.73 Å². The van der Waals surface area contributed by atoms with Crippen molar-refractivity contribution in [2.45, 2.75) is 52.5 Å². The number of imidazole rings is 1. The van der Waals surface area contributed by atoms with Gasteiger partial charge >= 0.3 is 0 Å². The highest BCUT2D eigenvalue weighted by Crippen LogP contribution is 2.51. The number of hydrogen-bond acceptors (Lipinski definition) is 3. The molecule has 5 heteroatoms. The molecule has 1 aliphatic rings. The molecule has 19 heavy (non-hydrogen) atoms. The predicted molar refractivity (Wildman–Crippen MR) is 76.9 cm³/mol. The van der Waals surface area contributed by atoms with Gasteiger partial charge in [-0.3, -0.25) is 9.25 Å². The zero-order valence-corrected chi connectivity index (χ0v) is 12.1. The van der Waals surface area contributed by atoms with Crippen molar-refractivity contribution in [3.63, 3.8) is 0 Å². The van der Waals surface area contributed by atoms with Gasteiger partial charge in [-0.25, -0.2) is 4.98 Å². The number of anilines is 1. The molecule has 2 aromatic heterocycles. The Hall–Kier alpha value is -1.52. The van der Waals surface area contributed by atoms with Crippen LogP contribution >= 0.6 is 0 Å². The van der Waals surface area contributed by atoms with Crippen molar-refractivity contribution in [3.05, 3.63) is 5.69 Å². The largest absolute Gasteiger partial charge is 0.369 e. The fraction of sp³-hybridized carbons (Fsp3) is 0.714. The van der Waals surface area contributed by atoms with Crippen LogP contribution in [0.5, 0.6) is 0 Å². The molecular formula is C14H23N5.